The monoisotopic (exact) mass is 250 g/mol. The van der Waals surface area contributed by atoms with E-state index in [4.69, 9.17) is 0 Å². The van der Waals surface area contributed by atoms with Gasteiger partial charge in [-0.1, -0.05) is 0 Å². The summed E-state index contributed by atoms with van der Waals surface area (Å²) in [5.41, 5.74) is 2.59. The van der Waals surface area contributed by atoms with E-state index in [0.717, 1.165) is 30.4 Å². The number of aromatic amines is 1. The molecule has 1 aliphatic rings. The smallest absolute Gasteiger partial charge is 0.0764 e. The molecule has 1 fully saturated rings. The van der Waals surface area contributed by atoms with Crippen molar-refractivity contribution in [3.8, 4) is 0 Å². The van der Waals surface area contributed by atoms with Gasteiger partial charge in [0.15, 0.2) is 0 Å². The Kier molecular flexibility index (Phi) is 3.78. The topological polar surface area (TPSA) is 35.2 Å². The van der Waals surface area contributed by atoms with E-state index < -0.39 is 0 Å². The molecule has 2 rings (SSSR count). The first-order chi connectivity index (χ1) is 8.39. The second kappa shape index (κ2) is 5.02. The molecule has 0 spiro atoms. The molecule has 102 valence electrons. The van der Waals surface area contributed by atoms with E-state index in [0.29, 0.717) is 5.54 Å². The molecule has 1 N–H and O–H groups in total. The van der Waals surface area contributed by atoms with Crippen LogP contribution in [0.2, 0.25) is 0 Å². The van der Waals surface area contributed by atoms with E-state index in [1.165, 1.54) is 13.0 Å². The van der Waals surface area contributed by atoms with Gasteiger partial charge >= 0.3 is 0 Å². The molecule has 1 atom stereocenters. The Morgan fingerprint density at radius 2 is 2.28 bits per heavy atom. The molecule has 1 aromatic heterocycles. The summed E-state index contributed by atoms with van der Waals surface area (Å²) in [4.78, 5) is 4.87. The molecule has 2 heterocycles. The van der Waals surface area contributed by atoms with Gasteiger partial charge in [0.25, 0.3) is 0 Å². The van der Waals surface area contributed by atoms with Crippen LogP contribution in [0.1, 0.15) is 31.7 Å². The maximum absolute atomic E-state index is 4.30. The lowest BCUT2D eigenvalue weighted by Crippen LogP contribution is -2.43. The molecule has 18 heavy (non-hydrogen) atoms. The number of hydrogen-bond donors (Lipinski definition) is 1. The average molecular weight is 250 g/mol. The molecule has 0 aromatic carbocycles. The molecular weight excluding hydrogens is 224 g/mol. The summed E-state index contributed by atoms with van der Waals surface area (Å²) in [5.74, 6) is 0.743. The van der Waals surface area contributed by atoms with Crippen LogP contribution >= 0.6 is 0 Å². The molecular formula is C14H26N4. The van der Waals surface area contributed by atoms with Crippen LogP contribution < -0.4 is 0 Å². The van der Waals surface area contributed by atoms with E-state index in [1.54, 1.807) is 0 Å². The van der Waals surface area contributed by atoms with Crippen LogP contribution in [0.15, 0.2) is 6.07 Å². The van der Waals surface area contributed by atoms with Gasteiger partial charge < -0.3 is 9.80 Å². The maximum atomic E-state index is 4.30. The molecule has 0 saturated carbocycles. The molecule has 0 radical (unpaired) electrons. The van der Waals surface area contributed by atoms with E-state index in [-0.39, 0.29) is 0 Å². The number of nitrogens with zero attached hydrogens (tertiary/aromatic N) is 3. The molecule has 0 unspecified atom stereocenters. The molecule has 1 aromatic rings. The van der Waals surface area contributed by atoms with E-state index >= 15 is 0 Å². The van der Waals surface area contributed by atoms with Crippen LogP contribution in [0.3, 0.4) is 0 Å². The lowest BCUT2D eigenvalue weighted by Gasteiger charge is -2.35. The van der Waals surface area contributed by atoms with Crippen LogP contribution in [-0.4, -0.2) is 52.7 Å². The van der Waals surface area contributed by atoms with Gasteiger partial charge in [0.2, 0.25) is 0 Å². The minimum Gasteiger partial charge on any atom is -0.301 e. The first-order valence-corrected chi connectivity index (χ1v) is 6.80. The predicted octanol–water partition coefficient (Wildman–Crippen LogP) is 1.88. The van der Waals surface area contributed by atoms with Crippen molar-refractivity contribution in [3.05, 3.63) is 17.5 Å². The maximum Gasteiger partial charge on any atom is 0.0764 e. The molecule has 0 bridgehead atoms. The average Bonchev–Trinajstić information content (AvgIpc) is 2.77. The van der Waals surface area contributed by atoms with Crippen molar-refractivity contribution in [1.82, 2.24) is 20.0 Å². The zero-order valence-corrected chi connectivity index (χ0v) is 12.3. The van der Waals surface area contributed by atoms with Crippen molar-refractivity contribution in [3.63, 3.8) is 0 Å². The third-order valence-electron chi connectivity index (χ3n) is 4.52. The van der Waals surface area contributed by atoms with E-state index in [9.17, 15) is 0 Å². The molecule has 4 heteroatoms. The summed E-state index contributed by atoms with van der Waals surface area (Å²) >= 11 is 0. The van der Waals surface area contributed by atoms with Gasteiger partial charge in [-0.3, -0.25) is 5.10 Å². The van der Waals surface area contributed by atoms with Crippen LogP contribution in [0.25, 0.3) is 0 Å². The molecule has 0 aliphatic carbocycles. The highest BCUT2D eigenvalue weighted by Gasteiger charge is 2.39. The summed E-state index contributed by atoms with van der Waals surface area (Å²) in [6, 6.07) is 2.13. The Hall–Kier alpha value is -0.870. The fraction of sp³-hybridized carbons (Fsp3) is 0.786. The second-order valence-corrected chi connectivity index (χ2v) is 6.30. The van der Waals surface area contributed by atoms with E-state index in [2.05, 4.69) is 54.0 Å². The van der Waals surface area contributed by atoms with Gasteiger partial charge in [0.1, 0.15) is 0 Å². The van der Waals surface area contributed by atoms with Gasteiger partial charge in [-0.25, -0.2) is 0 Å². The fourth-order valence-electron chi connectivity index (χ4n) is 2.89. The molecule has 1 saturated heterocycles. The Morgan fingerprint density at radius 1 is 1.56 bits per heavy atom. The van der Waals surface area contributed by atoms with Crippen LogP contribution in [0.5, 0.6) is 0 Å². The predicted molar refractivity (Wildman–Crippen MR) is 74.5 cm³/mol. The summed E-state index contributed by atoms with van der Waals surface area (Å²) in [7, 11) is 4.43. The van der Waals surface area contributed by atoms with Gasteiger partial charge in [0.05, 0.1) is 5.69 Å². The van der Waals surface area contributed by atoms with Crippen molar-refractivity contribution in [2.45, 2.75) is 39.3 Å². The third kappa shape index (κ3) is 2.75. The standard InChI is InChI=1S/C14H26N4/c1-11-8-13(16-15-11)10-17(4)9-12-6-7-18(5)14(12,2)3/h8,12H,6-7,9-10H2,1-5H3,(H,15,16)/t12-/m0/s1. The quantitative estimate of drug-likeness (QED) is 0.886. The van der Waals surface area contributed by atoms with Crippen molar-refractivity contribution in [1.29, 1.82) is 0 Å². The van der Waals surface area contributed by atoms with Crippen molar-refractivity contribution in [2.24, 2.45) is 5.92 Å². The first kappa shape index (κ1) is 13.6. The fourth-order valence-corrected chi connectivity index (χ4v) is 2.89. The Morgan fingerprint density at radius 3 is 2.78 bits per heavy atom. The van der Waals surface area contributed by atoms with Crippen LogP contribution in [-0.2, 0) is 6.54 Å². The number of rotatable bonds is 4. The minimum absolute atomic E-state index is 0.315. The number of hydrogen-bond acceptors (Lipinski definition) is 3. The number of nitrogens with one attached hydrogen (secondary N) is 1. The second-order valence-electron chi connectivity index (χ2n) is 6.30. The number of aromatic nitrogens is 2. The summed E-state index contributed by atoms with van der Waals surface area (Å²) < 4.78 is 0. The highest BCUT2D eigenvalue weighted by Crippen LogP contribution is 2.33. The van der Waals surface area contributed by atoms with Gasteiger partial charge in [-0.2, -0.15) is 5.10 Å². The highest BCUT2D eigenvalue weighted by atomic mass is 15.2. The lowest BCUT2D eigenvalue weighted by molar-refractivity contribution is 0.140. The van der Waals surface area contributed by atoms with E-state index in [1.807, 2.05) is 6.92 Å². The van der Waals surface area contributed by atoms with Crippen LogP contribution in [0, 0.1) is 12.8 Å². The zero-order valence-electron chi connectivity index (χ0n) is 12.3. The van der Waals surface area contributed by atoms with Crippen molar-refractivity contribution < 1.29 is 0 Å². The largest absolute Gasteiger partial charge is 0.301 e. The van der Waals surface area contributed by atoms with Crippen LogP contribution in [0.4, 0.5) is 0 Å². The normalized spacial score (nSPS) is 24.0. The first-order valence-electron chi connectivity index (χ1n) is 6.80. The number of likely N-dealkylation sites (tertiary alicyclic amines) is 1. The summed E-state index contributed by atoms with van der Waals surface area (Å²) in [5, 5.41) is 7.31. The minimum atomic E-state index is 0.315. The Labute approximate surface area is 110 Å². The molecule has 4 nitrogen and oxygen atoms in total. The Bertz CT molecular complexity index is 396. The van der Waals surface area contributed by atoms with Crippen molar-refractivity contribution >= 4 is 0 Å². The third-order valence-corrected chi connectivity index (χ3v) is 4.52. The highest BCUT2D eigenvalue weighted by molar-refractivity contribution is 5.06. The number of H-pyrrole nitrogens is 1. The Balaban J connectivity index is 1.90. The number of aryl methyl sites for hydroxylation is 1. The lowest BCUT2D eigenvalue weighted by atomic mass is 9.88. The molecule has 1 aliphatic heterocycles. The zero-order chi connectivity index (χ0) is 13.3. The SMILES string of the molecule is Cc1cc(CN(C)C[C@@H]2CCN(C)C2(C)C)n[nH]1. The van der Waals surface area contributed by atoms with Crippen molar-refractivity contribution in [2.75, 3.05) is 27.2 Å². The van der Waals surface area contributed by atoms with Gasteiger partial charge in [0, 0.05) is 24.3 Å². The summed E-state index contributed by atoms with van der Waals surface area (Å²) in [6.07, 6.45) is 1.30. The summed E-state index contributed by atoms with van der Waals surface area (Å²) in [6.45, 7) is 10.1. The van der Waals surface area contributed by atoms with Gasteiger partial charge in [-0.15, -0.1) is 0 Å². The van der Waals surface area contributed by atoms with Gasteiger partial charge in [-0.05, 0) is 59.8 Å². The molecule has 0 amide bonds.